The molecule has 0 aromatic carbocycles. The molecule has 1 spiro atoms. The number of hydrogen-bond acceptors (Lipinski definition) is 7. The summed E-state index contributed by atoms with van der Waals surface area (Å²) in [5.41, 5.74) is 0.301. The second-order valence-corrected chi connectivity index (χ2v) is 11.6. The van der Waals surface area contributed by atoms with Gasteiger partial charge in [0.15, 0.2) is 5.78 Å². The molecule has 3 saturated heterocycles. The van der Waals surface area contributed by atoms with Crippen LogP contribution in [0.1, 0.15) is 74.1 Å². The molecule has 3 aliphatic rings. The van der Waals surface area contributed by atoms with E-state index >= 15 is 0 Å². The molecule has 0 aromatic heterocycles. The van der Waals surface area contributed by atoms with Gasteiger partial charge in [0.1, 0.15) is 23.9 Å². The highest BCUT2D eigenvalue weighted by atomic mass is 16.6. The Kier molecular flexibility index (Phi) is 9.36. The zero-order chi connectivity index (χ0) is 26.7. The van der Waals surface area contributed by atoms with Crippen molar-refractivity contribution in [3.63, 3.8) is 0 Å². The van der Waals surface area contributed by atoms with E-state index in [1.54, 1.807) is 13.0 Å². The van der Waals surface area contributed by atoms with Gasteiger partial charge in [-0.2, -0.15) is 0 Å². The van der Waals surface area contributed by atoms with E-state index in [1.807, 2.05) is 39.8 Å². The van der Waals surface area contributed by atoms with E-state index in [-0.39, 0.29) is 35.5 Å². The zero-order valence-electron chi connectivity index (χ0n) is 22.9. The van der Waals surface area contributed by atoms with Crippen LogP contribution in [0.5, 0.6) is 0 Å². The summed E-state index contributed by atoms with van der Waals surface area (Å²) in [6.45, 7) is 14.0. The molecule has 0 aromatic rings. The summed E-state index contributed by atoms with van der Waals surface area (Å²) >= 11 is 0. The molecule has 0 radical (unpaired) electrons. The van der Waals surface area contributed by atoms with E-state index in [2.05, 4.69) is 13.0 Å². The Morgan fingerprint density at radius 1 is 1.19 bits per heavy atom. The third-order valence-electron chi connectivity index (χ3n) is 7.50. The van der Waals surface area contributed by atoms with Crippen LogP contribution in [0.15, 0.2) is 36.0 Å². The summed E-state index contributed by atoms with van der Waals surface area (Å²) < 4.78 is 23.1. The summed E-state index contributed by atoms with van der Waals surface area (Å²) in [5.74, 6) is 0.146. The molecule has 3 rings (SSSR count). The molecule has 8 atom stereocenters. The van der Waals surface area contributed by atoms with Crippen molar-refractivity contribution in [2.24, 2.45) is 11.8 Å². The third-order valence-corrected chi connectivity index (χ3v) is 7.50. The lowest BCUT2D eigenvalue weighted by Gasteiger charge is -2.41. The van der Waals surface area contributed by atoms with Gasteiger partial charge >= 0.3 is 5.97 Å². The van der Waals surface area contributed by atoms with Gasteiger partial charge < -0.3 is 24.1 Å². The first-order valence-corrected chi connectivity index (χ1v) is 13.2. The maximum absolute atomic E-state index is 12.4. The van der Waals surface area contributed by atoms with Gasteiger partial charge in [-0.05, 0) is 71.4 Å². The lowest BCUT2D eigenvalue weighted by atomic mass is 9.81. The first-order valence-electron chi connectivity index (χ1n) is 13.2. The number of rotatable bonds is 9. The summed E-state index contributed by atoms with van der Waals surface area (Å²) in [7, 11) is 0. The Morgan fingerprint density at radius 2 is 1.89 bits per heavy atom. The highest BCUT2D eigenvalue weighted by Gasteiger charge is 2.60. The molecule has 1 N–H and O–H groups in total. The molecule has 0 aliphatic carbocycles. The molecular formula is C29H44O7. The largest absolute Gasteiger partial charge is 0.459 e. The lowest BCUT2D eigenvalue weighted by Crippen LogP contribution is -2.53. The van der Waals surface area contributed by atoms with Crippen molar-refractivity contribution in [3.05, 3.63) is 36.0 Å². The van der Waals surface area contributed by atoms with Gasteiger partial charge in [0.05, 0.1) is 24.4 Å². The smallest absolute Gasteiger partial charge is 0.303 e. The fourth-order valence-electron chi connectivity index (χ4n) is 5.48. The van der Waals surface area contributed by atoms with E-state index in [0.717, 1.165) is 18.4 Å². The minimum absolute atomic E-state index is 0.0126. The van der Waals surface area contributed by atoms with Crippen molar-refractivity contribution in [2.75, 3.05) is 6.61 Å². The summed E-state index contributed by atoms with van der Waals surface area (Å²) in [5, 5.41) is 10.7. The van der Waals surface area contributed by atoms with E-state index in [4.69, 9.17) is 18.9 Å². The van der Waals surface area contributed by atoms with Crippen molar-refractivity contribution >= 4 is 11.8 Å². The fraction of sp³-hybridized carbons (Fsp3) is 0.724. The number of carbonyl (C=O) groups is 2. The molecule has 36 heavy (non-hydrogen) atoms. The van der Waals surface area contributed by atoms with Crippen LogP contribution in [0.2, 0.25) is 0 Å². The maximum atomic E-state index is 12.4. The van der Waals surface area contributed by atoms with Crippen molar-refractivity contribution in [2.45, 2.75) is 116 Å². The molecule has 0 amide bonds. The molecule has 3 heterocycles. The van der Waals surface area contributed by atoms with Crippen molar-refractivity contribution in [1.29, 1.82) is 0 Å². The molecule has 0 saturated carbocycles. The predicted octanol–water partition coefficient (Wildman–Crippen LogP) is 4.47. The van der Waals surface area contributed by atoms with Gasteiger partial charge in [-0.15, -0.1) is 0 Å². The van der Waals surface area contributed by atoms with Crippen LogP contribution in [0.4, 0.5) is 0 Å². The van der Waals surface area contributed by atoms with Gasteiger partial charge in [0.2, 0.25) is 0 Å². The Balaban J connectivity index is 1.49. The Bertz CT molecular complexity index is 882. The highest BCUT2D eigenvalue weighted by Crippen LogP contribution is 2.46. The summed E-state index contributed by atoms with van der Waals surface area (Å²) in [6.07, 6.45) is 10.7. The topological polar surface area (TPSA) is 94.6 Å². The normalized spacial score (nSPS) is 37.4. The van der Waals surface area contributed by atoms with Crippen LogP contribution in [0, 0.1) is 11.8 Å². The number of ketones is 1. The van der Waals surface area contributed by atoms with E-state index in [1.165, 1.54) is 13.0 Å². The molecule has 3 fully saturated rings. The number of epoxide rings is 1. The Hall–Kier alpha value is -1.80. The quantitative estimate of drug-likeness (QED) is 0.214. The first-order chi connectivity index (χ1) is 16.8. The third kappa shape index (κ3) is 7.85. The second kappa shape index (κ2) is 11.7. The Labute approximate surface area is 215 Å². The van der Waals surface area contributed by atoms with Gasteiger partial charge in [0.25, 0.3) is 0 Å². The van der Waals surface area contributed by atoms with Gasteiger partial charge in [-0.3, -0.25) is 9.59 Å². The monoisotopic (exact) mass is 504 g/mol. The van der Waals surface area contributed by atoms with E-state index < -0.39 is 23.9 Å². The average Bonchev–Trinajstić information content (AvgIpc) is 3.54. The number of carbonyl (C=O) groups excluding carboxylic acids is 2. The highest BCUT2D eigenvalue weighted by molar-refractivity contribution is 5.89. The first kappa shape index (κ1) is 28.8. The Morgan fingerprint density at radius 3 is 2.53 bits per heavy atom. The van der Waals surface area contributed by atoms with Crippen molar-refractivity contribution in [1.82, 2.24) is 0 Å². The van der Waals surface area contributed by atoms with Crippen LogP contribution < -0.4 is 0 Å². The summed E-state index contributed by atoms with van der Waals surface area (Å²) in [6, 6.07) is 0. The summed E-state index contributed by atoms with van der Waals surface area (Å²) in [4.78, 5) is 23.4. The van der Waals surface area contributed by atoms with Crippen LogP contribution >= 0.6 is 0 Å². The van der Waals surface area contributed by atoms with Crippen LogP contribution in [-0.4, -0.2) is 65.2 Å². The van der Waals surface area contributed by atoms with Crippen molar-refractivity contribution in [3.8, 4) is 0 Å². The SMILES string of the molecule is CC(=O)O[C@@H](C)/C=C\C(=O)C[C@@H]1C[C@H](C)[C@H](C/C=C(C)/C=C/[C@H]2OC(C)(C)C[C@@]3(CO3)[C@@H]2O)O[C@@H]1C. The maximum Gasteiger partial charge on any atom is 0.303 e. The number of ether oxygens (including phenoxy) is 4. The van der Waals surface area contributed by atoms with Crippen LogP contribution in [-0.2, 0) is 28.5 Å². The number of esters is 1. The molecule has 7 heteroatoms. The predicted molar refractivity (Wildman–Crippen MR) is 137 cm³/mol. The van der Waals surface area contributed by atoms with Gasteiger partial charge in [0, 0.05) is 19.8 Å². The lowest BCUT2D eigenvalue weighted by molar-refractivity contribution is -0.171. The minimum Gasteiger partial charge on any atom is -0.459 e. The molecule has 3 aliphatic heterocycles. The van der Waals surface area contributed by atoms with E-state index in [0.29, 0.717) is 25.4 Å². The van der Waals surface area contributed by atoms with Crippen LogP contribution in [0.25, 0.3) is 0 Å². The number of hydrogen-bond donors (Lipinski definition) is 1. The van der Waals surface area contributed by atoms with Gasteiger partial charge in [-0.25, -0.2) is 0 Å². The minimum atomic E-state index is -0.656. The second-order valence-electron chi connectivity index (χ2n) is 11.6. The van der Waals surface area contributed by atoms with Crippen LogP contribution in [0.3, 0.4) is 0 Å². The average molecular weight is 505 g/mol. The molecular weight excluding hydrogens is 460 g/mol. The van der Waals surface area contributed by atoms with Crippen molar-refractivity contribution < 1.29 is 33.6 Å². The zero-order valence-corrected chi connectivity index (χ0v) is 22.9. The molecule has 202 valence electrons. The molecule has 7 nitrogen and oxygen atoms in total. The molecule has 0 bridgehead atoms. The molecule has 0 unspecified atom stereocenters. The van der Waals surface area contributed by atoms with E-state index in [9.17, 15) is 14.7 Å². The standard InChI is InChI=1S/C29H44O7/c1-18(9-13-26-27(32)29(17-33-29)16-28(6,7)36-26)8-12-25-19(2)14-23(21(4)35-25)15-24(31)11-10-20(3)34-22(5)30/h8-11,13,19-21,23,25-27,32H,12,14-17H2,1-7H3/b11-10-,13-9+,18-8+/t19-,20-,21+,23-,25-,26+,27+,29+/m0/s1. The fourth-order valence-corrected chi connectivity index (χ4v) is 5.48. The van der Waals surface area contributed by atoms with Gasteiger partial charge in [-0.1, -0.05) is 30.7 Å². The number of aliphatic hydroxyl groups excluding tert-OH is 1. The number of aliphatic hydroxyl groups is 1. The number of allylic oxidation sites excluding steroid dienone is 3.